The average Bonchev–Trinajstić information content (AvgIpc) is 2.80. The van der Waals surface area contributed by atoms with Gasteiger partial charge in [-0.05, 0) is 25.0 Å². The van der Waals surface area contributed by atoms with Crippen LogP contribution in [0.3, 0.4) is 0 Å². The van der Waals surface area contributed by atoms with Gasteiger partial charge in [-0.15, -0.1) is 0 Å². The molecular weight excluding hydrogens is 318 g/mol. The first-order chi connectivity index (χ1) is 11.0. The van der Waals surface area contributed by atoms with Gasteiger partial charge in [0, 0.05) is 24.9 Å². The molecule has 0 radical (unpaired) electrons. The summed E-state index contributed by atoms with van der Waals surface area (Å²) in [6.07, 6.45) is 1.56. The summed E-state index contributed by atoms with van der Waals surface area (Å²) >= 11 is 0. The van der Waals surface area contributed by atoms with Gasteiger partial charge in [0.1, 0.15) is 5.84 Å². The van der Waals surface area contributed by atoms with Crippen molar-refractivity contribution in [3.05, 3.63) is 29.8 Å². The van der Waals surface area contributed by atoms with E-state index in [1.54, 1.807) is 18.2 Å². The number of nitrogens with one attached hydrogen (secondary N) is 1. The van der Waals surface area contributed by atoms with Crippen molar-refractivity contribution in [2.45, 2.75) is 30.6 Å². The summed E-state index contributed by atoms with van der Waals surface area (Å²) in [6.45, 7) is 0.563. The van der Waals surface area contributed by atoms with Gasteiger partial charge in [0.2, 0.25) is 0 Å². The largest absolute Gasteiger partial charge is 0.466 e. The van der Waals surface area contributed by atoms with E-state index in [-0.39, 0.29) is 23.9 Å². The molecule has 0 saturated heterocycles. The Bertz CT molecular complexity index is 750. The van der Waals surface area contributed by atoms with Gasteiger partial charge in [0.05, 0.1) is 17.6 Å². The second kappa shape index (κ2) is 7.74. The van der Waals surface area contributed by atoms with Crippen LogP contribution >= 0.6 is 0 Å². The summed E-state index contributed by atoms with van der Waals surface area (Å²) in [6, 6.07) is 8.59. The number of rotatable bonds is 7. The molecule has 122 valence electrons. The van der Waals surface area contributed by atoms with Crippen molar-refractivity contribution in [2.24, 2.45) is 4.99 Å². The van der Waals surface area contributed by atoms with Crippen LogP contribution in [0.25, 0.3) is 0 Å². The van der Waals surface area contributed by atoms with Gasteiger partial charge >= 0.3 is 5.97 Å². The van der Waals surface area contributed by atoms with Crippen molar-refractivity contribution in [1.29, 1.82) is 5.26 Å². The molecule has 0 amide bonds. The fraction of sp³-hybridized carbons (Fsp3) is 0.400. The Morgan fingerprint density at radius 1 is 1.30 bits per heavy atom. The molecule has 1 N–H and O–H groups in total. The van der Waals surface area contributed by atoms with E-state index in [2.05, 4.69) is 9.71 Å². The van der Waals surface area contributed by atoms with E-state index in [1.165, 1.54) is 6.07 Å². The Labute approximate surface area is 135 Å². The topological polar surface area (TPSA) is 109 Å². The highest BCUT2D eigenvalue weighted by molar-refractivity contribution is 7.90. The predicted octanol–water partition coefficient (Wildman–Crippen LogP) is 1.35. The standard InChI is InChI=1S/C15H17N3O4S/c16-9-3-4-11-22-14(19)8-5-10-17-15-12-6-1-2-7-13(12)23(20,21)18-15/h1-2,6-7H,3-5,8,10-11H2,(H,17,18). The van der Waals surface area contributed by atoms with Gasteiger partial charge in [0.15, 0.2) is 0 Å². The molecule has 8 heteroatoms. The summed E-state index contributed by atoms with van der Waals surface area (Å²) in [5, 5.41) is 8.36. The molecule has 0 aromatic heterocycles. The molecule has 7 nitrogen and oxygen atoms in total. The van der Waals surface area contributed by atoms with E-state index < -0.39 is 10.0 Å². The molecule has 1 aliphatic rings. The van der Waals surface area contributed by atoms with E-state index in [4.69, 9.17) is 10.00 Å². The number of amidine groups is 1. The molecule has 1 aliphatic heterocycles. The van der Waals surface area contributed by atoms with Gasteiger partial charge in [-0.1, -0.05) is 12.1 Å². The van der Waals surface area contributed by atoms with E-state index >= 15 is 0 Å². The Morgan fingerprint density at radius 2 is 2.09 bits per heavy atom. The number of fused-ring (bicyclic) bond motifs is 1. The second-order valence-corrected chi connectivity index (χ2v) is 6.57. The van der Waals surface area contributed by atoms with E-state index in [0.29, 0.717) is 37.2 Å². The fourth-order valence-electron chi connectivity index (χ4n) is 2.07. The molecule has 0 spiro atoms. The number of ether oxygens (including phenoxy) is 1. The number of hydrogen-bond acceptors (Lipinski definition) is 6. The Balaban J connectivity index is 1.82. The van der Waals surface area contributed by atoms with Gasteiger partial charge in [-0.25, -0.2) is 8.42 Å². The molecule has 0 bridgehead atoms. The lowest BCUT2D eigenvalue weighted by atomic mass is 10.2. The maximum atomic E-state index is 11.9. The second-order valence-electron chi connectivity index (χ2n) is 4.92. The zero-order valence-electron chi connectivity index (χ0n) is 12.5. The Hall–Kier alpha value is -2.40. The van der Waals surface area contributed by atoms with Crippen LogP contribution in [0.4, 0.5) is 0 Å². The number of benzene rings is 1. The average molecular weight is 335 g/mol. The minimum Gasteiger partial charge on any atom is -0.466 e. The third kappa shape index (κ3) is 4.53. The lowest BCUT2D eigenvalue weighted by Crippen LogP contribution is -2.22. The monoisotopic (exact) mass is 335 g/mol. The molecule has 23 heavy (non-hydrogen) atoms. The highest BCUT2D eigenvalue weighted by Crippen LogP contribution is 2.22. The van der Waals surface area contributed by atoms with Crippen LogP contribution in [0, 0.1) is 11.3 Å². The van der Waals surface area contributed by atoms with Crippen molar-refractivity contribution in [3.63, 3.8) is 0 Å². The van der Waals surface area contributed by atoms with E-state index in [0.717, 1.165) is 0 Å². The maximum Gasteiger partial charge on any atom is 0.305 e. The fourth-order valence-corrected chi connectivity index (χ4v) is 3.33. The summed E-state index contributed by atoms with van der Waals surface area (Å²) < 4.78 is 31.1. The molecule has 1 heterocycles. The minimum atomic E-state index is -3.52. The molecule has 1 aromatic rings. The SMILES string of the molecule is N#CCCCOC(=O)CCCN=C1NS(=O)(=O)c2ccccc21. The Morgan fingerprint density at radius 3 is 2.87 bits per heavy atom. The van der Waals surface area contributed by atoms with Crippen LogP contribution in [-0.4, -0.2) is 33.4 Å². The molecule has 2 rings (SSSR count). The van der Waals surface area contributed by atoms with Crippen LogP contribution in [0.1, 0.15) is 31.2 Å². The predicted molar refractivity (Wildman–Crippen MR) is 83.2 cm³/mol. The van der Waals surface area contributed by atoms with Crippen molar-refractivity contribution < 1.29 is 17.9 Å². The molecule has 0 fully saturated rings. The first-order valence-corrected chi connectivity index (χ1v) is 8.72. The van der Waals surface area contributed by atoms with Gasteiger partial charge in [0.25, 0.3) is 10.0 Å². The molecule has 1 aromatic carbocycles. The number of carbonyl (C=O) groups is 1. The number of carbonyl (C=O) groups excluding carboxylic acids is 1. The lowest BCUT2D eigenvalue weighted by molar-refractivity contribution is -0.143. The van der Waals surface area contributed by atoms with Crippen LogP contribution in [0.2, 0.25) is 0 Å². The summed E-state index contributed by atoms with van der Waals surface area (Å²) in [5.74, 6) is -0.0291. The van der Waals surface area contributed by atoms with Crippen LogP contribution in [-0.2, 0) is 19.6 Å². The van der Waals surface area contributed by atoms with E-state index in [1.807, 2.05) is 6.07 Å². The van der Waals surface area contributed by atoms with Crippen molar-refractivity contribution in [3.8, 4) is 6.07 Å². The van der Waals surface area contributed by atoms with Gasteiger partial charge in [-0.2, -0.15) is 5.26 Å². The number of nitrogens with zero attached hydrogens (tertiary/aromatic N) is 2. The number of hydrogen-bond donors (Lipinski definition) is 1. The normalized spacial score (nSPS) is 16.4. The maximum absolute atomic E-state index is 11.9. The highest BCUT2D eigenvalue weighted by atomic mass is 32.2. The Kier molecular flexibility index (Phi) is 5.71. The third-order valence-electron chi connectivity index (χ3n) is 3.17. The van der Waals surface area contributed by atoms with Crippen molar-refractivity contribution >= 4 is 21.8 Å². The third-order valence-corrected chi connectivity index (χ3v) is 4.56. The number of aliphatic imine (C=N–C) groups is 1. The molecule has 0 saturated carbocycles. The summed E-state index contributed by atoms with van der Waals surface area (Å²) in [7, 11) is -3.52. The summed E-state index contributed by atoms with van der Waals surface area (Å²) in [4.78, 5) is 15.9. The van der Waals surface area contributed by atoms with E-state index in [9.17, 15) is 13.2 Å². The lowest BCUT2D eigenvalue weighted by Gasteiger charge is -2.02. The number of nitriles is 1. The number of sulfonamides is 1. The number of unbranched alkanes of at least 4 members (excludes halogenated alkanes) is 1. The smallest absolute Gasteiger partial charge is 0.305 e. The molecule has 0 atom stereocenters. The zero-order valence-corrected chi connectivity index (χ0v) is 13.3. The van der Waals surface area contributed by atoms with Crippen LogP contribution < -0.4 is 4.72 Å². The first kappa shape index (κ1) is 17.0. The van der Waals surface area contributed by atoms with Gasteiger partial charge in [-0.3, -0.25) is 14.5 Å². The quantitative estimate of drug-likeness (QED) is 0.597. The first-order valence-electron chi connectivity index (χ1n) is 7.24. The molecule has 0 aliphatic carbocycles. The minimum absolute atomic E-state index is 0.206. The number of esters is 1. The molecule has 0 unspecified atom stereocenters. The zero-order chi connectivity index (χ0) is 16.7. The van der Waals surface area contributed by atoms with Crippen LogP contribution in [0.5, 0.6) is 0 Å². The van der Waals surface area contributed by atoms with Crippen molar-refractivity contribution in [2.75, 3.05) is 13.2 Å². The molecular formula is C15H17N3O4S. The van der Waals surface area contributed by atoms with Crippen molar-refractivity contribution in [1.82, 2.24) is 4.72 Å². The van der Waals surface area contributed by atoms with Gasteiger partial charge < -0.3 is 4.74 Å². The summed E-state index contributed by atoms with van der Waals surface area (Å²) in [5.41, 5.74) is 0.548. The highest BCUT2D eigenvalue weighted by Gasteiger charge is 2.29. The van der Waals surface area contributed by atoms with Crippen LogP contribution in [0.15, 0.2) is 34.2 Å².